The molecule has 0 unspecified atom stereocenters. The molecular weight excluding hydrogens is 381 g/mol. The van der Waals surface area contributed by atoms with Gasteiger partial charge in [-0.3, -0.25) is 10.1 Å². The van der Waals surface area contributed by atoms with E-state index >= 15 is 0 Å². The highest BCUT2D eigenvalue weighted by Gasteiger charge is 2.33. The van der Waals surface area contributed by atoms with E-state index in [0.29, 0.717) is 17.7 Å². The Balaban J connectivity index is 1.81. The molecule has 0 amide bonds. The number of nitrogens with one attached hydrogen (secondary N) is 1. The Labute approximate surface area is 155 Å². The Morgan fingerprint density at radius 3 is 2.63 bits per heavy atom. The second-order valence-corrected chi connectivity index (χ2v) is 8.73. The molecule has 10 heteroatoms. The van der Waals surface area contributed by atoms with Crippen molar-refractivity contribution in [3.05, 3.63) is 46.8 Å². The first kappa shape index (κ1) is 19.4. The van der Waals surface area contributed by atoms with Gasteiger partial charge in [0, 0.05) is 11.3 Å². The maximum absolute atomic E-state index is 13.0. The highest BCUT2D eigenvalue weighted by Crippen LogP contribution is 2.34. The Hall–Kier alpha value is -2.36. The van der Waals surface area contributed by atoms with Crippen molar-refractivity contribution >= 4 is 21.7 Å². The van der Waals surface area contributed by atoms with Gasteiger partial charge in [-0.25, -0.2) is 8.42 Å². The van der Waals surface area contributed by atoms with Gasteiger partial charge in [-0.2, -0.15) is 23.4 Å². The SMILES string of the molecule is Cc1nn([C@H]2CCS(=O)(=O)C2)c(C)c1/C=N\Nc1ccccc1C(F)(F)F. The smallest absolute Gasteiger partial charge is 0.278 e. The zero-order chi connectivity index (χ0) is 19.8. The molecule has 1 aliphatic rings. The second-order valence-electron chi connectivity index (χ2n) is 6.50. The lowest BCUT2D eigenvalue weighted by atomic mass is 10.2. The van der Waals surface area contributed by atoms with Crippen LogP contribution in [-0.2, 0) is 16.0 Å². The van der Waals surface area contributed by atoms with Gasteiger partial charge in [0.1, 0.15) is 0 Å². The summed E-state index contributed by atoms with van der Waals surface area (Å²) >= 11 is 0. The van der Waals surface area contributed by atoms with Gasteiger partial charge in [0.2, 0.25) is 0 Å². The van der Waals surface area contributed by atoms with Crippen LogP contribution in [0.3, 0.4) is 0 Å². The van der Waals surface area contributed by atoms with Gasteiger partial charge in [0.25, 0.3) is 0 Å². The van der Waals surface area contributed by atoms with E-state index in [1.807, 2.05) is 0 Å². The Morgan fingerprint density at radius 2 is 2.00 bits per heavy atom. The summed E-state index contributed by atoms with van der Waals surface area (Å²) in [6.07, 6.45) is -2.58. The van der Waals surface area contributed by atoms with Crippen LogP contribution >= 0.6 is 0 Å². The summed E-state index contributed by atoms with van der Waals surface area (Å²) < 4.78 is 64.1. The molecule has 0 radical (unpaired) electrons. The zero-order valence-electron chi connectivity index (χ0n) is 14.8. The van der Waals surface area contributed by atoms with Crippen molar-refractivity contribution in [1.29, 1.82) is 0 Å². The molecule has 1 atom stereocenters. The average molecular weight is 400 g/mol. The average Bonchev–Trinajstić information content (AvgIpc) is 3.07. The molecule has 2 heterocycles. The summed E-state index contributed by atoms with van der Waals surface area (Å²) in [5.74, 6) is 0.179. The normalized spacial score (nSPS) is 19.7. The number of aryl methyl sites for hydroxylation is 1. The molecule has 0 bridgehead atoms. The Bertz CT molecular complexity index is 981. The summed E-state index contributed by atoms with van der Waals surface area (Å²) in [6.45, 7) is 3.54. The van der Waals surface area contributed by atoms with E-state index in [-0.39, 0.29) is 23.2 Å². The molecule has 0 aliphatic carbocycles. The number of hydrogen-bond acceptors (Lipinski definition) is 5. The van der Waals surface area contributed by atoms with Gasteiger partial charge in [0.05, 0.1) is 40.7 Å². The molecule has 1 fully saturated rings. The van der Waals surface area contributed by atoms with Crippen LogP contribution in [0.1, 0.15) is 35.0 Å². The number of halogens is 3. The summed E-state index contributed by atoms with van der Waals surface area (Å²) in [6, 6.07) is 4.85. The van der Waals surface area contributed by atoms with Crippen molar-refractivity contribution in [2.45, 2.75) is 32.5 Å². The van der Waals surface area contributed by atoms with Gasteiger partial charge < -0.3 is 0 Å². The predicted octanol–water partition coefficient (Wildman–Crippen LogP) is 3.32. The molecule has 0 saturated carbocycles. The fourth-order valence-corrected chi connectivity index (χ4v) is 4.87. The van der Waals surface area contributed by atoms with E-state index in [1.165, 1.54) is 24.4 Å². The fourth-order valence-electron chi connectivity index (χ4n) is 3.18. The third-order valence-corrected chi connectivity index (χ3v) is 6.30. The number of benzene rings is 1. The lowest BCUT2D eigenvalue weighted by Crippen LogP contribution is -2.14. The van der Waals surface area contributed by atoms with Crippen molar-refractivity contribution < 1.29 is 21.6 Å². The first-order chi connectivity index (χ1) is 12.6. The minimum absolute atomic E-state index is 0.0444. The number of nitrogens with zero attached hydrogens (tertiary/aromatic N) is 3. The fraction of sp³-hybridized carbons (Fsp3) is 0.412. The standard InChI is InChI=1S/C17H19F3N4O2S/c1-11-14(12(2)24(23-11)13-7-8-27(25,26)10-13)9-21-22-16-6-4-3-5-15(16)17(18,19)20/h3-6,9,13,22H,7-8,10H2,1-2H3/b21-9-/t13-/m0/s1. The Kier molecular flexibility index (Phi) is 5.02. The maximum atomic E-state index is 13.0. The maximum Gasteiger partial charge on any atom is 0.418 e. The number of anilines is 1. The van der Waals surface area contributed by atoms with E-state index in [9.17, 15) is 21.6 Å². The molecule has 0 spiro atoms. The summed E-state index contributed by atoms with van der Waals surface area (Å²) in [4.78, 5) is 0. The molecule has 6 nitrogen and oxygen atoms in total. The number of hydrazone groups is 1. The molecule has 1 saturated heterocycles. The molecule has 1 aromatic heterocycles. The molecule has 1 aromatic carbocycles. The second kappa shape index (κ2) is 6.99. The number of hydrogen-bond donors (Lipinski definition) is 1. The lowest BCUT2D eigenvalue weighted by Gasteiger charge is -2.11. The molecule has 27 heavy (non-hydrogen) atoms. The van der Waals surface area contributed by atoms with Gasteiger partial charge in [-0.1, -0.05) is 12.1 Å². The van der Waals surface area contributed by atoms with Crippen molar-refractivity contribution in [3.63, 3.8) is 0 Å². The molecular formula is C17H19F3N4O2S. The minimum Gasteiger partial charge on any atom is -0.278 e. The highest BCUT2D eigenvalue weighted by molar-refractivity contribution is 7.91. The van der Waals surface area contributed by atoms with Crippen LogP contribution in [0.2, 0.25) is 0 Å². The Morgan fingerprint density at radius 1 is 1.30 bits per heavy atom. The topological polar surface area (TPSA) is 76.3 Å². The molecule has 1 aliphatic heterocycles. The van der Waals surface area contributed by atoms with Crippen LogP contribution in [0, 0.1) is 13.8 Å². The minimum atomic E-state index is -4.48. The zero-order valence-corrected chi connectivity index (χ0v) is 15.6. The van der Waals surface area contributed by atoms with Crippen molar-refractivity contribution in [3.8, 4) is 0 Å². The largest absolute Gasteiger partial charge is 0.418 e. The lowest BCUT2D eigenvalue weighted by molar-refractivity contribution is -0.136. The van der Waals surface area contributed by atoms with Gasteiger partial charge in [-0.05, 0) is 32.4 Å². The number of aromatic nitrogens is 2. The van der Waals surface area contributed by atoms with E-state index in [1.54, 1.807) is 18.5 Å². The van der Waals surface area contributed by atoms with Crippen LogP contribution in [0.25, 0.3) is 0 Å². The van der Waals surface area contributed by atoms with Crippen LogP contribution < -0.4 is 5.43 Å². The number of para-hydroxylation sites is 1. The predicted molar refractivity (Wildman–Crippen MR) is 96.7 cm³/mol. The van der Waals surface area contributed by atoms with Crippen LogP contribution in [0.5, 0.6) is 0 Å². The van der Waals surface area contributed by atoms with E-state index in [4.69, 9.17) is 0 Å². The van der Waals surface area contributed by atoms with Crippen LogP contribution in [0.15, 0.2) is 29.4 Å². The van der Waals surface area contributed by atoms with Crippen molar-refractivity contribution in [1.82, 2.24) is 9.78 Å². The van der Waals surface area contributed by atoms with Crippen molar-refractivity contribution in [2.24, 2.45) is 5.10 Å². The van der Waals surface area contributed by atoms with Gasteiger partial charge in [0.15, 0.2) is 9.84 Å². The van der Waals surface area contributed by atoms with E-state index < -0.39 is 21.6 Å². The summed E-state index contributed by atoms with van der Waals surface area (Å²) in [7, 11) is -3.05. The van der Waals surface area contributed by atoms with E-state index in [0.717, 1.165) is 11.8 Å². The number of rotatable bonds is 4. The van der Waals surface area contributed by atoms with Crippen LogP contribution in [0.4, 0.5) is 18.9 Å². The first-order valence-corrected chi connectivity index (χ1v) is 10.1. The molecule has 1 N–H and O–H groups in total. The quantitative estimate of drug-likeness (QED) is 0.631. The molecule has 3 rings (SSSR count). The summed E-state index contributed by atoms with van der Waals surface area (Å²) in [5.41, 5.74) is 3.49. The molecule has 2 aromatic rings. The number of sulfone groups is 1. The number of alkyl halides is 3. The van der Waals surface area contributed by atoms with E-state index in [2.05, 4.69) is 15.6 Å². The highest BCUT2D eigenvalue weighted by atomic mass is 32.2. The third-order valence-electron chi connectivity index (χ3n) is 4.55. The third kappa shape index (κ3) is 4.15. The molecule has 146 valence electrons. The van der Waals surface area contributed by atoms with Crippen LogP contribution in [-0.4, -0.2) is 35.9 Å². The van der Waals surface area contributed by atoms with Crippen molar-refractivity contribution in [2.75, 3.05) is 16.9 Å². The van der Waals surface area contributed by atoms with Gasteiger partial charge in [-0.15, -0.1) is 0 Å². The monoisotopic (exact) mass is 400 g/mol. The first-order valence-electron chi connectivity index (χ1n) is 8.30. The van der Waals surface area contributed by atoms with Gasteiger partial charge >= 0.3 is 6.18 Å². The summed E-state index contributed by atoms with van der Waals surface area (Å²) in [5, 5.41) is 8.32.